The van der Waals surface area contributed by atoms with Crippen molar-refractivity contribution in [1.29, 1.82) is 0 Å². The highest BCUT2D eigenvalue weighted by Crippen LogP contribution is 2.07. The summed E-state index contributed by atoms with van der Waals surface area (Å²) in [6, 6.07) is 0.198. The molecule has 0 aromatic rings. The molecule has 6 nitrogen and oxygen atoms in total. The maximum atomic E-state index is 11.9. The average molecular weight is 244 g/mol. The SMILES string of the molecule is CC(C)N(CCCO)CC(=O)N1CCOC1=O. The van der Waals surface area contributed by atoms with Gasteiger partial charge in [0.2, 0.25) is 5.91 Å². The second-order valence-electron chi connectivity index (χ2n) is 4.30. The number of ether oxygens (including phenoxy) is 1. The Morgan fingerprint density at radius 3 is 2.76 bits per heavy atom. The number of cyclic esters (lactones) is 1. The van der Waals surface area contributed by atoms with Gasteiger partial charge in [0.1, 0.15) is 6.61 Å². The summed E-state index contributed by atoms with van der Waals surface area (Å²) in [5.41, 5.74) is 0. The second kappa shape index (κ2) is 6.56. The van der Waals surface area contributed by atoms with Crippen molar-refractivity contribution in [2.45, 2.75) is 26.3 Å². The van der Waals surface area contributed by atoms with Crippen LogP contribution in [0, 0.1) is 0 Å². The molecule has 1 fully saturated rings. The fourth-order valence-corrected chi connectivity index (χ4v) is 1.67. The van der Waals surface area contributed by atoms with E-state index in [9.17, 15) is 9.59 Å². The van der Waals surface area contributed by atoms with Gasteiger partial charge in [0.25, 0.3) is 0 Å². The summed E-state index contributed by atoms with van der Waals surface area (Å²) in [7, 11) is 0. The van der Waals surface area contributed by atoms with Crippen LogP contribution in [0.4, 0.5) is 4.79 Å². The summed E-state index contributed by atoms with van der Waals surface area (Å²) in [4.78, 5) is 26.1. The minimum Gasteiger partial charge on any atom is -0.447 e. The largest absolute Gasteiger partial charge is 0.447 e. The number of aliphatic hydroxyl groups excluding tert-OH is 1. The minimum absolute atomic E-state index is 0.100. The summed E-state index contributed by atoms with van der Waals surface area (Å²) < 4.78 is 4.72. The predicted octanol–water partition coefficient (Wildman–Crippen LogP) is 0.0580. The van der Waals surface area contributed by atoms with Gasteiger partial charge in [-0.05, 0) is 20.3 Å². The zero-order valence-electron chi connectivity index (χ0n) is 10.4. The molecule has 0 aliphatic carbocycles. The first-order valence-corrected chi connectivity index (χ1v) is 5.88. The highest BCUT2D eigenvalue weighted by Gasteiger charge is 2.29. The fourth-order valence-electron chi connectivity index (χ4n) is 1.67. The van der Waals surface area contributed by atoms with E-state index >= 15 is 0 Å². The molecule has 0 atom stereocenters. The minimum atomic E-state index is -0.555. The Balaban J connectivity index is 2.48. The number of carbonyl (C=O) groups is 2. The van der Waals surface area contributed by atoms with E-state index in [1.54, 1.807) is 0 Å². The van der Waals surface area contributed by atoms with Crippen molar-refractivity contribution in [3.05, 3.63) is 0 Å². The molecule has 1 aliphatic rings. The van der Waals surface area contributed by atoms with E-state index in [1.165, 1.54) is 0 Å². The molecular weight excluding hydrogens is 224 g/mol. The quantitative estimate of drug-likeness (QED) is 0.715. The second-order valence-corrected chi connectivity index (χ2v) is 4.30. The van der Waals surface area contributed by atoms with Gasteiger partial charge in [0.05, 0.1) is 13.1 Å². The summed E-state index contributed by atoms with van der Waals surface area (Å²) in [6.45, 7) is 5.51. The third kappa shape index (κ3) is 3.98. The van der Waals surface area contributed by atoms with E-state index in [-0.39, 0.29) is 31.7 Å². The first-order valence-electron chi connectivity index (χ1n) is 5.88. The van der Waals surface area contributed by atoms with Gasteiger partial charge in [-0.15, -0.1) is 0 Å². The Hall–Kier alpha value is -1.14. The molecule has 2 amide bonds. The third-order valence-corrected chi connectivity index (χ3v) is 2.73. The molecule has 0 unspecified atom stereocenters. The number of aliphatic hydroxyl groups is 1. The van der Waals surface area contributed by atoms with Crippen LogP contribution in [0.2, 0.25) is 0 Å². The van der Waals surface area contributed by atoms with Crippen LogP contribution in [0.1, 0.15) is 20.3 Å². The number of carbonyl (C=O) groups excluding carboxylic acids is 2. The van der Waals surface area contributed by atoms with Crippen LogP contribution in [0.3, 0.4) is 0 Å². The molecule has 6 heteroatoms. The molecule has 0 spiro atoms. The molecule has 0 radical (unpaired) electrons. The monoisotopic (exact) mass is 244 g/mol. The lowest BCUT2D eigenvalue weighted by Crippen LogP contribution is -2.43. The van der Waals surface area contributed by atoms with Crippen LogP contribution < -0.4 is 0 Å². The molecule has 1 rings (SSSR count). The van der Waals surface area contributed by atoms with Gasteiger partial charge in [0.15, 0.2) is 0 Å². The Bertz CT molecular complexity index is 281. The number of rotatable bonds is 6. The lowest BCUT2D eigenvalue weighted by Gasteiger charge is -2.26. The Morgan fingerprint density at radius 2 is 2.29 bits per heavy atom. The van der Waals surface area contributed by atoms with E-state index in [0.29, 0.717) is 19.5 Å². The lowest BCUT2D eigenvalue weighted by molar-refractivity contribution is -0.129. The highest BCUT2D eigenvalue weighted by molar-refractivity contribution is 5.94. The van der Waals surface area contributed by atoms with E-state index in [4.69, 9.17) is 9.84 Å². The van der Waals surface area contributed by atoms with E-state index in [1.807, 2.05) is 18.7 Å². The number of amides is 2. The molecule has 0 saturated carbocycles. The first-order chi connectivity index (χ1) is 8.06. The van der Waals surface area contributed by atoms with Crippen LogP contribution in [-0.2, 0) is 9.53 Å². The Morgan fingerprint density at radius 1 is 1.59 bits per heavy atom. The van der Waals surface area contributed by atoms with Gasteiger partial charge in [0, 0.05) is 19.2 Å². The van der Waals surface area contributed by atoms with Gasteiger partial charge in [-0.1, -0.05) is 0 Å². The maximum absolute atomic E-state index is 11.9. The van der Waals surface area contributed by atoms with Gasteiger partial charge in [-0.3, -0.25) is 9.69 Å². The molecule has 0 aromatic carbocycles. The fraction of sp³-hybridized carbons (Fsp3) is 0.818. The van der Waals surface area contributed by atoms with Crippen LogP contribution in [0.25, 0.3) is 0 Å². The topological polar surface area (TPSA) is 70.1 Å². The number of hydrogen-bond acceptors (Lipinski definition) is 5. The Kier molecular flexibility index (Phi) is 5.37. The number of imide groups is 1. The van der Waals surface area contributed by atoms with E-state index in [0.717, 1.165) is 4.90 Å². The number of nitrogens with zero attached hydrogens (tertiary/aromatic N) is 2. The highest BCUT2D eigenvalue weighted by atomic mass is 16.6. The molecule has 1 saturated heterocycles. The van der Waals surface area contributed by atoms with Crippen molar-refractivity contribution in [3.63, 3.8) is 0 Å². The zero-order valence-corrected chi connectivity index (χ0v) is 10.4. The standard InChI is InChI=1S/C11H20N2O4/c1-9(2)12(4-3-6-14)8-10(15)13-5-7-17-11(13)16/h9,14H,3-8H2,1-2H3. The van der Waals surface area contributed by atoms with Crippen molar-refractivity contribution < 1.29 is 19.4 Å². The van der Waals surface area contributed by atoms with Crippen molar-refractivity contribution in [1.82, 2.24) is 9.80 Å². The van der Waals surface area contributed by atoms with Gasteiger partial charge in [-0.2, -0.15) is 0 Å². The van der Waals surface area contributed by atoms with Crippen LogP contribution in [-0.4, -0.2) is 65.8 Å². The number of hydrogen-bond donors (Lipinski definition) is 1. The summed E-state index contributed by atoms with van der Waals surface area (Å²) in [6.07, 6.45) is 0.0662. The average Bonchev–Trinajstić information content (AvgIpc) is 2.70. The summed E-state index contributed by atoms with van der Waals surface area (Å²) >= 11 is 0. The van der Waals surface area contributed by atoms with Crippen LogP contribution >= 0.6 is 0 Å². The predicted molar refractivity (Wildman–Crippen MR) is 61.5 cm³/mol. The maximum Gasteiger partial charge on any atom is 0.416 e. The van der Waals surface area contributed by atoms with Gasteiger partial charge < -0.3 is 9.84 Å². The molecule has 98 valence electrons. The van der Waals surface area contributed by atoms with Gasteiger partial charge in [-0.25, -0.2) is 9.69 Å². The van der Waals surface area contributed by atoms with Crippen LogP contribution in [0.15, 0.2) is 0 Å². The Labute approximate surface area is 101 Å². The summed E-state index contributed by atoms with van der Waals surface area (Å²) in [5, 5.41) is 8.79. The van der Waals surface area contributed by atoms with E-state index in [2.05, 4.69) is 0 Å². The van der Waals surface area contributed by atoms with E-state index < -0.39 is 6.09 Å². The third-order valence-electron chi connectivity index (χ3n) is 2.73. The summed E-state index contributed by atoms with van der Waals surface area (Å²) in [5.74, 6) is -0.237. The van der Waals surface area contributed by atoms with Crippen molar-refractivity contribution >= 4 is 12.0 Å². The van der Waals surface area contributed by atoms with Crippen LogP contribution in [0.5, 0.6) is 0 Å². The molecular formula is C11H20N2O4. The lowest BCUT2D eigenvalue weighted by atomic mass is 10.2. The normalized spacial score (nSPS) is 15.8. The molecule has 17 heavy (non-hydrogen) atoms. The molecule has 1 aliphatic heterocycles. The van der Waals surface area contributed by atoms with Crippen molar-refractivity contribution in [3.8, 4) is 0 Å². The molecule has 0 aromatic heterocycles. The molecule has 1 heterocycles. The molecule has 0 bridgehead atoms. The molecule has 1 N–H and O–H groups in total. The van der Waals surface area contributed by atoms with Crippen molar-refractivity contribution in [2.75, 3.05) is 32.8 Å². The van der Waals surface area contributed by atoms with Crippen molar-refractivity contribution in [2.24, 2.45) is 0 Å². The first kappa shape index (κ1) is 13.9. The smallest absolute Gasteiger partial charge is 0.416 e. The van der Waals surface area contributed by atoms with Gasteiger partial charge >= 0.3 is 6.09 Å². The zero-order chi connectivity index (χ0) is 12.8.